The summed E-state index contributed by atoms with van der Waals surface area (Å²) in [5.41, 5.74) is 4.16. The topological polar surface area (TPSA) is 107 Å². The summed E-state index contributed by atoms with van der Waals surface area (Å²) in [6, 6.07) is 16.5. The van der Waals surface area contributed by atoms with Gasteiger partial charge in [-0.05, 0) is 71.7 Å². The fourth-order valence-corrected chi connectivity index (χ4v) is 5.52. The van der Waals surface area contributed by atoms with Crippen LogP contribution in [0.1, 0.15) is 18.1 Å². The molecule has 0 saturated heterocycles. The van der Waals surface area contributed by atoms with Crippen LogP contribution in [0.5, 0.6) is 17.2 Å². The number of carbonyl (C=O) groups is 1. The Balaban J connectivity index is 1.87. The zero-order valence-electron chi connectivity index (χ0n) is 21.9. The van der Waals surface area contributed by atoms with Crippen molar-refractivity contribution in [1.29, 1.82) is 0 Å². The molecule has 0 spiro atoms. The van der Waals surface area contributed by atoms with E-state index in [1.54, 1.807) is 61.5 Å². The van der Waals surface area contributed by atoms with E-state index in [1.165, 1.54) is 25.5 Å². The van der Waals surface area contributed by atoms with Crippen LogP contribution in [0.2, 0.25) is 0 Å². The van der Waals surface area contributed by atoms with Gasteiger partial charge in [0.05, 0.1) is 35.0 Å². The van der Waals surface area contributed by atoms with Crippen LogP contribution in [0.15, 0.2) is 87.8 Å². The average Bonchev–Trinajstić information content (AvgIpc) is 2.91. The van der Waals surface area contributed by atoms with Gasteiger partial charge < -0.3 is 14.2 Å². The second-order valence-electron chi connectivity index (χ2n) is 8.15. The lowest BCUT2D eigenvalue weighted by molar-refractivity contribution is -0.119. The van der Waals surface area contributed by atoms with Crippen LogP contribution in [0.4, 0.5) is 5.69 Å². The summed E-state index contributed by atoms with van der Waals surface area (Å²) in [6.45, 7) is 7.38. The van der Waals surface area contributed by atoms with Gasteiger partial charge in [0, 0.05) is 0 Å². The number of methoxy groups -OCH3 is 1. The van der Waals surface area contributed by atoms with E-state index in [0.717, 1.165) is 9.87 Å². The predicted molar refractivity (Wildman–Crippen MR) is 155 cm³/mol. The third-order valence-electron chi connectivity index (χ3n) is 5.33. The fraction of sp³-hybridized carbons (Fsp3) is 0.214. The Morgan fingerprint density at radius 2 is 1.82 bits per heavy atom. The van der Waals surface area contributed by atoms with E-state index < -0.39 is 22.5 Å². The smallest absolute Gasteiger partial charge is 0.264 e. The molecule has 0 saturated carbocycles. The number of halogens is 1. The maximum absolute atomic E-state index is 13.7. The molecule has 0 unspecified atom stereocenters. The highest BCUT2D eigenvalue weighted by Crippen LogP contribution is 2.36. The standard InChI is InChI=1S/C28H30BrN3O6S/c1-5-15-38-28-23(29)16-21(17-26(28)36-4)18-30-31-27(33)19-32(24-9-7-8-10-25(24)37-6-2)39(34,35)22-13-11-20(3)12-14-22/h5,7-14,16-18H,1,6,15,19H2,2-4H3,(H,31,33)/b30-18-. The number of hydrogen-bond acceptors (Lipinski definition) is 7. The van der Waals surface area contributed by atoms with Gasteiger partial charge in [-0.3, -0.25) is 9.10 Å². The number of ether oxygens (including phenoxy) is 3. The van der Waals surface area contributed by atoms with Crippen LogP contribution in [0, 0.1) is 6.92 Å². The Hall–Kier alpha value is -3.83. The van der Waals surface area contributed by atoms with Crippen LogP contribution in [0.25, 0.3) is 0 Å². The molecule has 0 aliphatic rings. The summed E-state index contributed by atoms with van der Waals surface area (Å²) < 4.78 is 45.6. The van der Waals surface area contributed by atoms with Crippen LogP contribution >= 0.6 is 15.9 Å². The van der Waals surface area contributed by atoms with Gasteiger partial charge in [0.15, 0.2) is 11.5 Å². The second-order valence-corrected chi connectivity index (χ2v) is 10.9. The van der Waals surface area contributed by atoms with Crippen LogP contribution in [-0.2, 0) is 14.8 Å². The Morgan fingerprint density at radius 3 is 2.49 bits per heavy atom. The highest BCUT2D eigenvalue weighted by atomic mass is 79.9. The lowest BCUT2D eigenvalue weighted by Crippen LogP contribution is -2.39. The van der Waals surface area contributed by atoms with Crippen molar-refractivity contribution >= 4 is 43.8 Å². The highest BCUT2D eigenvalue weighted by Gasteiger charge is 2.29. The molecule has 0 fully saturated rings. The maximum Gasteiger partial charge on any atom is 0.264 e. The lowest BCUT2D eigenvalue weighted by Gasteiger charge is -2.25. The number of hydrogen-bond donors (Lipinski definition) is 1. The quantitative estimate of drug-likeness (QED) is 0.163. The lowest BCUT2D eigenvalue weighted by atomic mass is 10.2. The number of amides is 1. The zero-order valence-corrected chi connectivity index (χ0v) is 24.3. The molecule has 0 atom stereocenters. The first-order chi connectivity index (χ1) is 18.7. The largest absolute Gasteiger partial charge is 0.493 e. The highest BCUT2D eigenvalue weighted by molar-refractivity contribution is 9.10. The number of nitrogens with one attached hydrogen (secondary N) is 1. The average molecular weight is 617 g/mol. The SMILES string of the molecule is C=CCOc1c(Br)cc(/C=N\NC(=O)CN(c2ccccc2OCC)S(=O)(=O)c2ccc(C)cc2)cc1OC. The van der Waals surface area contributed by atoms with Crippen molar-refractivity contribution in [3.63, 3.8) is 0 Å². The monoisotopic (exact) mass is 615 g/mol. The Morgan fingerprint density at radius 1 is 1.10 bits per heavy atom. The molecule has 1 amide bonds. The van der Waals surface area contributed by atoms with Gasteiger partial charge >= 0.3 is 0 Å². The first kappa shape index (κ1) is 29.7. The van der Waals surface area contributed by atoms with E-state index in [0.29, 0.717) is 40.5 Å². The number of anilines is 1. The van der Waals surface area contributed by atoms with Crippen molar-refractivity contribution in [3.8, 4) is 17.2 Å². The van der Waals surface area contributed by atoms with Gasteiger partial charge in [-0.2, -0.15) is 5.10 Å². The van der Waals surface area contributed by atoms with E-state index in [2.05, 4.69) is 33.0 Å². The molecule has 3 rings (SSSR count). The van der Waals surface area contributed by atoms with Gasteiger partial charge in [-0.15, -0.1) is 0 Å². The normalized spacial score (nSPS) is 11.2. The minimum absolute atomic E-state index is 0.0476. The molecule has 0 bridgehead atoms. The summed E-state index contributed by atoms with van der Waals surface area (Å²) >= 11 is 3.44. The first-order valence-corrected chi connectivity index (χ1v) is 14.2. The van der Waals surface area contributed by atoms with Gasteiger partial charge in [-0.1, -0.05) is 42.5 Å². The number of para-hydroxylation sites is 2. The summed E-state index contributed by atoms with van der Waals surface area (Å²) in [6.07, 6.45) is 3.03. The minimum atomic E-state index is -4.11. The van der Waals surface area contributed by atoms with E-state index >= 15 is 0 Å². The van der Waals surface area contributed by atoms with Crippen molar-refractivity contribution in [2.24, 2.45) is 5.10 Å². The molecule has 0 heterocycles. The van der Waals surface area contributed by atoms with Gasteiger partial charge in [0.1, 0.15) is 18.9 Å². The first-order valence-electron chi connectivity index (χ1n) is 12.0. The number of rotatable bonds is 13. The van der Waals surface area contributed by atoms with Crippen LogP contribution < -0.4 is 23.9 Å². The molecule has 206 valence electrons. The minimum Gasteiger partial charge on any atom is -0.493 e. The molecule has 0 aromatic heterocycles. The number of carbonyl (C=O) groups excluding carboxylic acids is 1. The van der Waals surface area contributed by atoms with E-state index in [-0.39, 0.29) is 10.6 Å². The number of aryl methyl sites for hydroxylation is 1. The van der Waals surface area contributed by atoms with Crippen LogP contribution in [-0.4, -0.2) is 47.4 Å². The fourth-order valence-electron chi connectivity index (χ4n) is 3.52. The van der Waals surface area contributed by atoms with E-state index in [1.807, 2.05) is 6.92 Å². The van der Waals surface area contributed by atoms with Crippen LogP contribution in [0.3, 0.4) is 0 Å². The molecule has 3 aromatic carbocycles. The third-order valence-corrected chi connectivity index (χ3v) is 7.69. The van der Waals surface area contributed by atoms with Crippen molar-refractivity contribution in [3.05, 3.63) is 88.9 Å². The van der Waals surface area contributed by atoms with Crippen molar-refractivity contribution in [2.45, 2.75) is 18.7 Å². The van der Waals surface area contributed by atoms with E-state index in [9.17, 15) is 13.2 Å². The van der Waals surface area contributed by atoms with Crippen molar-refractivity contribution in [2.75, 3.05) is 31.2 Å². The third kappa shape index (κ3) is 7.61. The predicted octanol–water partition coefficient (Wildman–Crippen LogP) is 5.08. The molecule has 39 heavy (non-hydrogen) atoms. The molecule has 1 N–H and O–H groups in total. The summed E-state index contributed by atoms with van der Waals surface area (Å²) in [5, 5.41) is 4.01. The molecule has 0 aliphatic carbocycles. The second kappa shape index (κ2) is 13.8. The summed E-state index contributed by atoms with van der Waals surface area (Å²) in [4.78, 5) is 13.0. The molecular weight excluding hydrogens is 586 g/mol. The summed E-state index contributed by atoms with van der Waals surface area (Å²) in [7, 11) is -2.61. The van der Waals surface area contributed by atoms with Gasteiger partial charge in [0.25, 0.3) is 15.9 Å². The summed E-state index contributed by atoms with van der Waals surface area (Å²) in [5.74, 6) is 0.651. The maximum atomic E-state index is 13.7. The molecule has 11 heteroatoms. The molecule has 3 aromatic rings. The Labute approximate surface area is 237 Å². The number of hydrazone groups is 1. The number of benzene rings is 3. The van der Waals surface area contributed by atoms with Gasteiger partial charge in [0.2, 0.25) is 0 Å². The molecule has 9 nitrogen and oxygen atoms in total. The van der Waals surface area contributed by atoms with Gasteiger partial charge in [-0.25, -0.2) is 13.8 Å². The molecule has 0 radical (unpaired) electrons. The van der Waals surface area contributed by atoms with Crippen molar-refractivity contribution in [1.82, 2.24) is 5.43 Å². The molecular formula is C28H30BrN3O6S. The Bertz CT molecular complexity index is 1440. The van der Waals surface area contributed by atoms with Crippen molar-refractivity contribution < 1.29 is 27.4 Å². The number of sulfonamides is 1. The number of nitrogens with zero attached hydrogens (tertiary/aromatic N) is 2. The van der Waals surface area contributed by atoms with E-state index in [4.69, 9.17) is 14.2 Å². The zero-order chi connectivity index (χ0) is 28.4. The Kier molecular flexibility index (Phi) is 10.5. The molecule has 0 aliphatic heterocycles.